The largest absolute Gasteiger partial charge is 0.423 e. The average molecular weight is 558 g/mol. The molecule has 0 N–H and O–H groups in total. The standard InChI is InChI=1S/C35H31N3O2S/c1-35(2,3)26-18-19-31-29(21-26)25(20-32(39)40-31)23-41-34-36-30-17-11-10-16-28(30)33(37-34)38(27-14-8-5-9-15-27)22-24-12-6-4-7-13-24/h4-21H,22-23H2,1-3H3. The fraction of sp³-hybridized carbons (Fsp3) is 0.171. The van der Waals surface area contributed by atoms with Crippen molar-refractivity contribution in [1.29, 1.82) is 0 Å². The van der Waals surface area contributed by atoms with Crippen LogP contribution in [0.1, 0.15) is 37.5 Å². The smallest absolute Gasteiger partial charge is 0.336 e. The van der Waals surface area contributed by atoms with Crippen LogP contribution in [-0.4, -0.2) is 9.97 Å². The first kappa shape index (κ1) is 26.8. The zero-order valence-electron chi connectivity index (χ0n) is 23.4. The van der Waals surface area contributed by atoms with E-state index >= 15 is 0 Å². The van der Waals surface area contributed by atoms with E-state index in [9.17, 15) is 4.79 Å². The maximum atomic E-state index is 12.4. The van der Waals surface area contributed by atoms with Gasteiger partial charge in [-0.25, -0.2) is 14.8 Å². The van der Waals surface area contributed by atoms with Crippen molar-refractivity contribution in [2.45, 2.75) is 43.6 Å². The number of fused-ring (bicyclic) bond motifs is 2. The fourth-order valence-corrected chi connectivity index (χ4v) is 5.77. The number of thioether (sulfide) groups is 1. The molecule has 0 atom stereocenters. The number of benzene rings is 4. The molecule has 6 heteroatoms. The van der Waals surface area contributed by atoms with Crippen molar-refractivity contribution in [2.24, 2.45) is 0 Å². The second-order valence-electron chi connectivity index (χ2n) is 11.1. The quantitative estimate of drug-likeness (QED) is 0.111. The maximum absolute atomic E-state index is 12.4. The van der Waals surface area contributed by atoms with E-state index in [-0.39, 0.29) is 11.0 Å². The molecule has 6 aromatic rings. The Morgan fingerprint density at radius 3 is 2.24 bits per heavy atom. The summed E-state index contributed by atoms with van der Waals surface area (Å²) in [7, 11) is 0. The van der Waals surface area contributed by atoms with Gasteiger partial charge in [-0.15, -0.1) is 0 Å². The lowest BCUT2D eigenvalue weighted by molar-refractivity contribution is 0.557. The van der Waals surface area contributed by atoms with Crippen LogP contribution in [0.15, 0.2) is 124 Å². The van der Waals surface area contributed by atoms with Crippen LogP contribution >= 0.6 is 11.8 Å². The van der Waals surface area contributed by atoms with Gasteiger partial charge in [0.05, 0.1) is 5.52 Å². The number of nitrogens with zero attached hydrogens (tertiary/aromatic N) is 3. The molecule has 2 aromatic heterocycles. The van der Waals surface area contributed by atoms with Gasteiger partial charge in [-0.1, -0.05) is 99.3 Å². The minimum absolute atomic E-state index is 0.0231. The first-order valence-corrected chi connectivity index (χ1v) is 14.7. The van der Waals surface area contributed by atoms with E-state index in [2.05, 4.69) is 74.2 Å². The molecule has 0 fully saturated rings. The number of hydrogen-bond acceptors (Lipinski definition) is 6. The van der Waals surface area contributed by atoms with Gasteiger partial charge in [0, 0.05) is 34.8 Å². The zero-order chi connectivity index (χ0) is 28.4. The number of rotatable bonds is 7. The van der Waals surface area contributed by atoms with Gasteiger partial charge >= 0.3 is 5.63 Å². The van der Waals surface area contributed by atoms with E-state index in [4.69, 9.17) is 14.4 Å². The monoisotopic (exact) mass is 557 g/mol. The molecule has 0 saturated carbocycles. The molecule has 0 saturated heterocycles. The van der Waals surface area contributed by atoms with Crippen molar-refractivity contribution in [2.75, 3.05) is 4.90 Å². The molecule has 0 bridgehead atoms. The first-order chi connectivity index (χ1) is 19.8. The highest BCUT2D eigenvalue weighted by atomic mass is 32.2. The van der Waals surface area contributed by atoms with Gasteiger partial charge in [0.25, 0.3) is 0 Å². The van der Waals surface area contributed by atoms with Gasteiger partial charge in [-0.3, -0.25) is 0 Å². The van der Waals surface area contributed by atoms with Crippen LogP contribution in [0.3, 0.4) is 0 Å². The summed E-state index contributed by atoms with van der Waals surface area (Å²) in [6, 6.07) is 36.5. The fourth-order valence-electron chi connectivity index (χ4n) is 4.93. The Hall–Kier alpha value is -4.42. The van der Waals surface area contributed by atoms with Crippen molar-refractivity contribution in [3.8, 4) is 0 Å². The predicted octanol–water partition coefficient (Wildman–Crippen LogP) is 8.66. The second-order valence-corrected chi connectivity index (χ2v) is 12.0. The van der Waals surface area contributed by atoms with E-state index in [0.29, 0.717) is 23.0 Å². The van der Waals surface area contributed by atoms with E-state index in [1.165, 1.54) is 22.9 Å². The average Bonchev–Trinajstić information content (AvgIpc) is 2.98. The van der Waals surface area contributed by atoms with Crippen LogP contribution in [0, 0.1) is 0 Å². The van der Waals surface area contributed by atoms with Gasteiger partial charge in [0.1, 0.15) is 11.4 Å². The number of aromatic nitrogens is 2. The molecule has 0 aliphatic rings. The van der Waals surface area contributed by atoms with Crippen LogP contribution in [0.4, 0.5) is 11.5 Å². The van der Waals surface area contributed by atoms with Gasteiger partial charge in [-0.05, 0) is 58.5 Å². The van der Waals surface area contributed by atoms with Crippen molar-refractivity contribution >= 4 is 45.1 Å². The Balaban J connectivity index is 1.42. The molecule has 0 unspecified atom stereocenters. The molecule has 0 aliphatic carbocycles. The number of hydrogen-bond donors (Lipinski definition) is 0. The summed E-state index contributed by atoms with van der Waals surface area (Å²) in [5.41, 5.74) is 5.44. The molecule has 5 nitrogen and oxygen atoms in total. The van der Waals surface area contributed by atoms with Crippen molar-refractivity contribution in [3.05, 3.63) is 136 Å². The van der Waals surface area contributed by atoms with Crippen molar-refractivity contribution in [1.82, 2.24) is 9.97 Å². The number of para-hydroxylation sites is 2. The van der Waals surface area contributed by atoms with Crippen LogP contribution in [0.5, 0.6) is 0 Å². The van der Waals surface area contributed by atoms with Crippen LogP contribution in [0.25, 0.3) is 21.9 Å². The third-order valence-corrected chi connectivity index (χ3v) is 8.02. The second kappa shape index (κ2) is 11.2. The molecule has 41 heavy (non-hydrogen) atoms. The lowest BCUT2D eigenvalue weighted by Gasteiger charge is -2.26. The van der Waals surface area contributed by atoms with Crippen LogP contribution in [0.2, 0.25) is 0 Å². The molecular formula is C35H31N3O2S. The highest BCUT2D eigenvalue weighted by molar-refractivity contribution is 7.98. The summed E-state index contributed by atoms with van der Waals surface area (Å²) in [6.07, 6.45) is 0. The third kappa shape index (κ3) is 5.88. The zero-order valence-corrected chi connectivity index (χ0v) is 24.2. The minimum atomic E-state index is -0.352. The van der Waals surface area contributed by atoms with Crippen molar-refractivity contribution in [3.63, 3.8) is 0 Å². The highest BCUT2D eigenvalue weighted by Gasteiger charge is 2.19. The molecule has 0 amide bonds. The van der Waals surface area contributed by atoms with Crippen molar-refractivity contribution < 1.29 is 4.42 Å². The summed E-state index contributed by atoms with van der Waals surface area (Å²) < 4.78 is 5.53. The Kier molecular flexibility index (Phi) is 7.33. The predicted molar refractivity (Wildman–Crippen MR) is 169 cm³/mol. The molecular weight excluding hydrogens is 526 g/mol. The van der Waals surface area contributed by atoms with E-state index < -0.39 is 0 Å². The molecule has 2 heterocycles. The molecule has 0 aliphatic heterocycles. The minimum Gasteiger partial charge on any atom is -0.423 e. The van der Waals surface area contributed by atoms with Gasteiger partial charge in [0.15, 0.2) is 5.16 Å². The van der Waals surface area contributed by atoms with Gasteiger partial charge in [0.2, 0.25) is 0 Å². The highest BCUT2D eigenvalue weighted by Crippen LogP contribution is 2.35. The Bertz CT molecular complexity index is 1880. The summed E-state index contributed by atoms with van der Waals surface area (Å²) in [5, 5.41) is 2.58. The van der Waals surface area contributed by atoms with E-state index in [1.807, 2.05) is 54.6 Å². The van der Waals surface area contributed by atoms with Crippen LogP contribution in [-0.2, 0) is 17.7 Å². The lowest BCUT2D eigenvalue weighted by atomic mass is 9.86. The van der Waals surface area contributed by atoms with Gasteiger partial charge in [-0.2, -0.15) is 0 Å². The Morgan fingerprint density at radius 1 is 0.780 bits per heavy atom. The maximum Gasteiger partial charge on any atom is 0.336 e. The topological polar surface area (TPSA) is 59.2 Å². The molecule has 0 radical (unpaired) electrons. The molecule has 4 aromatic carbocycles. The van der Waals surface area contributed by atoms with E-state index in [1.54, 1.807) is 6.07 Å². The Labute approximate surface area is 243 Å². The van der Waals surface area contributed by atoms with Crippen LogP contribution < -0.4 is 10.5 Å². The summed E-state index contributed by atoms with van der Waals surface area (Å²) in [5.74, 6) is 1.39. The molecule has 0 spiro atoms. The number of anilines is 2. The van der Waals surface area contributed by atoms with Gasteiger partial charge < -0.3 is 9.32 Å². The molecule has 6 rings (SSSR count). The summed E-state index contributed by atoms with van der Waals surface area (Å²) in [6.45, 7) is 7.20. The normalized spacial score (nSPS) is 11.7. The van der Waals surface area contributed by atoms with E-state index in [0.717, 1.165) is 33.4 Å². The molecule has 204 valence electrons. The lowest BCUT2D eigenvalue weighted by Crippen LogP contribution is -2.18. The first-order valence-electron chi connectivity index (χ1n) is 13.7. The SMILES string of the molecule is CC(C)(C)c1ccc2oc(=O)cc(CSc3nc(N(Cc4ccccc4)c4ccccc4)c4ccccc4n3)c2c1. The third-order valence-electron chi connectivity index (χ3n) is 7.12. The summed E-state index contributed by atoms with van der Waals surface area (Å²) in [4.78, 5) is 24.7. The summed E-state index contributed by atoms with van der Waals surface area (Å²) >= 11 is 1.53. The Morgan fingerprint density at radius 2 is 1.49 bits per heavy atom.